The van der Waals surface area contributed by atoms with E-state index in [1.165, 1.54) is 0 Å². The average Bonchev–Trinajstić information content (AvgIpc) is 2.58. The number of halogens is 1. The Morgan fingerprint density at radius 2 is 1.88 bits per heavy atom. The van der Waals surface area contributed by atoms with Crippen molar-refractivity contribution in [2.75, 3.05) is 20.6 Å². The molecule has 0 amide bonds. The molecule has 0 aliphatic heterocycles. The van der Waals surface area contributed by atoms with Gasteiger partial charge in [0.1, 0.15) is 5.75 Å². The zero-order chi connectivity index (χ0) is 17.4. The molecule has 2 nitrogen and oxygen atoms in total. The summed E-state index contributed by atoms with van der Waals surface area (Å²) in [5.74, 6) is 0.680. The van der Waals surface area contributed by atoms with Crippen molar-refractivity contribution in [3.8, 4) is 5.75 Å². The van der Waals surface area contributed by atoms with E-state index in [1.54, 1.807) is 11.8 Å². The van der Waals surface area contributed by atoms with E-state index in [4.69, 9.17) is 4.74 Å². The van der Waals surface area contributed by atoms with Gasteiger partial charge in [0, 0.05) is 11.4 Å². The SMILES string of the molecule is C/C=C\Sc1cccc(OC(c2ccccc2)C(F)CN(C)C)c1. The first kappa shape index (κ1) is 18.6. The molecule has 0 heterocycles. The standard InChI is InChI=1S/C20H24FNOS/c1-4-13-24-18-12-8-11-17(14-18)23-20(19(21)15-22(2)3)16-9-6-5-7-10-16/h4-14,19-20H,15H2,1-3H3/b13-4-. The van der Waals surface area contributed by atoms with Gasteiger partial charge >= 0.3 is 0 Å². The molecule has 128 valence electrons. The second kappa shape index (κ2) is 9.50. The van der Waals surface area contributed by atoms with Gasteiger partial charge < -0.3 is 9.64 Å². The lowest BCUT2D eigenvalue weighted by atomic mass is 10.0. The predicted octanol–water partition coefficient (Wildman–Crippen LogP) is 5.33. The van der Waals surface area contributed by atoms with E-state index in [2.05, 4.69) is 0 Å². The summed E-state index contributed by atoms with van der Waals surface area (Å²) in [6.45, 7) is 2.29. The molecule has 0 radical (unpaired) electrons. The molecule has 2 unspecified atom stereocenters. The summed E-state index contributed by atoms with van der Waals surface area (Å²) < 4.78 is 20.9. The smallest absolute Gasteiger partial charge is 0.156 e. The summed E-state index contributed by atoms with van der Waals surface area (Å²) in [7, 11) is 3.73. The molecule has 0 N–H and O–H groups in total. The number of nitrogens with zero attached hydrogens (tertiary/aromatic N) is 1. The van der Waals surface area contributed by atoms with Crippen LogP contribution in [0.2, 0.25) is 0 Å². The number of rotatable bonds is 8. The fraction of sp³-hybridized carbons (Fsp3) is 0.300. The van der Waals surface area contributed by atoms with Crippen LogP contribution in [0.25, 0.3) is 0 Å². The van der Waals surface area contributed by atoms with Gasteiger partial charge in [0.2, 0.25) is 0 Å². The molecular formula is C20H24FNOS. The van der Waals surface area contributed by atoms with Crippen molar-refractivity contribution in [1.82, 2.24) is 4.90 Å². The summed E-state index contributed by atoms with van der Waals surface area (Å²) in [5.41, 5.74) is 0.846. The number of benzene rings is 2. The quantitative estimate of drug-likeness (QED) is 0.600. The van der Waals surface area contributed by atoms with Gasteiger partial charge in [-0.15, -0.1) is 0 Å². The van der Waals surface area contributed by atoms with Crippen LogP contribution in [0.3, 0.4) is 0 Å². The van der Waals surface area contributed by atoms with Crippen LogP contribution < -0.4 is 4.74 Å². The first-order valence-electron chi connectivity index (χ1n) is 7.98. The van der Waals surface area contributed by atoms with Gasteiger partial charge in [-0.2, -0.15) is 0 Å². The monoisotopic (exact) mass is 345 g/mol. The van der Waals surface area contributed by atoms with Crippen LogP contribution in [-0.2, 0) is 0 Å². The highest BCUT2D eigenvalue weighted by atomic mass is 32.2. The first-order chi connectivity index (χ1) is 11.6. The number of hydrogen-bond donors (Lipinski definition) is 0. The molecule has 0 aromatic heterocycles. The highest BCUT2D eigenvalue weighted by Crippen LogP contribution is 2.30. The molecule has 0 bridgehead atoms. The Bertz CT molecular complexity index is 645. The Hall–Kier alpha value is -1.78. The van der Waals surface area contributed by atoms with Crippen molar-refractivity contribution in [2.24, 2.45) is 0 Å². The second-order valence-electron chi connectivity index (χ2n) is 5.79. The third kappa shape index (κ3) is 5.69. The molecule has 0 aliphatic rings. The minimum Gasteiger partial charge on any atom is -0.483 e. The number of alkyl halides is 1. The predicted molar refractivity (Wildman–Crippen MR) is 100 cm³/mol. The average molecular weight is 345 g/mol. The first-order valence-corrected chi connectivity index (χ1v) is 8.86. The van der Waals surface area contributed by atoms with Crippen LogP contribution in [0.15, 0.2) is 71.0 Å². The largest absolute Gasteiger partial charge is 0.483 e. The van der Waals surface area contributed by atoms with Crippen LogP contribution in [0.5, 0.6) is 5.75 Å². The van der Waals surface area contributed by atoms with Crippen LogP contribution in [0.1, 0.15) is 18.6 Å². The van der Waals surface area contributed by atoms with Gasteiger partial charge in [-0.1, -0.05) is 54.2 Å². The minimum atomic E-state index is -1.12. The Kier molecular flexibility index (Phi) is 7.35. The Morgan fingerprint density at radius 3 is 2.54 bits per heavy atom. The van der Waals surface area contributed by atoms with Gasteiger partial charge in [0.25, 0.3) is 0 Å². The number of hydrogen-bond acceptors (Lipinski definition) is 3. The van der Waals surface area contributed by atoms with Crippen LogP contribution in [-0.4, -0.2) is 31.7 Å². The summed E-state index contributed by atoms with van der Waals surface area (Å²) in [5, 5.41) is 2.01. The Labute approximate surface area is 148 Å². The highest BCUT2D eigenvalue weighted by molar-refractivity contribution is 8.02. The van der Waals surface area contributed by atoms with Crippen LogP contribution in [0.4, 0.5) is 4.39 Å². The third-order valence-corrected chi connectivity index (χ3v) is 4.34. The summed E-state index contributed by atoms with van der Waals surface area (Å²) in [6.07, 6.45) is 0.240. The van der Waals surface area contributed by atoms with Crippen molar-refractivity contribution in [3.05, 3.63) is 71.6 Å². The maximum absolute atomic E-state index is 14.8. The third-order valence-electron chi connectivity index (χ3n) is 3.40. The molecule has 24 heavy (non-hydrogen) atoms. The molecule has 0 saturated heterocycles. The van der Waals surface area contributed by atoms with E-state index in [1.807, 2.05) is 92.0 Å². The van der Waals surface area contributed by atoms with E-state index in [9.17, 15) is 4.39 Å². The highest BCUT2D eigenvalue weighted by Gasteiger charge is 2.25. The molecule has 2 aromatic carbocycles. The van der Waals surface area contributed by atoms with Crippen molar-refractivity contribution in [2.45, 2.75) is 24.1 Å². The summed E-state index contributed by atoms with van der Waals surface area (Å²) in [6, 6.07) is 17.3. The molecule has 2 rings (SSSR count). The van der Waals surface area contributed by atoms with Crippen molar-refractivity contribution >= 4 is 11.8 Å². The molecule has 0 saturated carbocycles. The molecule has 4 heteroatoms. The Balaban J connectivity index is 2.21. The molecule has 2 aromatic rings. The van der Waals surface area contributed by atoms with E-state index in [0.29, 0.717) is 12.3 Å². The lowest BCUT2D eigenvalue weighted by molar-refractivity contribution is 0.0805. The van der Waals surface area contributed by atoms with Crippen molar-refractivity contribution in [3.63, 3.8) is 0 Å². The van der Waals surface area contributed by atoms with E-state index >= 15 is 0 Å². The Morgan fingerprint density at radius 1 is 1.12 bits per heavy atom. The zero-order valence-corrected chi connectivity index (χ0v) is 15.2. The molecule has 0 fully saturated rings. The van der Waals surface area contributed by atoms with E-state index in [-0.39, 0.29) is 0 Å². The maximum atomic E-state index is 14.8. The number of allylic oxidation sites excluding steroid dienone is 1. The van der Waals surface area contributed by atoms with Gasteiger partial charge in [-0.3, -0.25) is 0 Å². The molecule has 0 spiro atoms. The summed E-state index contributed by atoms with van der Waals surface area (Å²) >= 11 is 1.61. The van der Waals surface area contributed by atoms with Crippen LogP contribution >= 0.6 is 11.8 Å². The van der Waals surface area contributed by atoms with E-state index in [0.717, 1.165) is 10.5 Å². The summed E-state index contributed by atoms with van der Waals surface area (Å²) in [4.78, 5) is 2.91. The molecular weight excluding hydrogens is 321 g/mol. The van der Waals surface area contributed by atoms with Gasteiger partial charge in [0.15, 0.2) is 12.3 Å². The second-order valence-corrected chi connectivity index (χ2v) is 6.77. The topological polar surface area (TPSA) is 12.5 Å². The normalized spacial score (nSPS) is 14.0. The number of thioether (sulfide) groups is 1. The van der Waals surface area contributed by atoms with Gasteiger partial charge in [0.05, 0.1) is 0 Å². The lowest BCUT2D eigenvalue weighted by Gasteiger charge is -2.25. The van der Waals surface area contributed by atoms with E-state index < -0.39 is 12.3 Å². The van der Waals surface area contributed by atoms with Crippen LogP contribution in [0, 0.1) is 0 Å². The lowest BCUT2D eigenvalue weighted by Crippen LogP contribution is -2.30. The van der Waals surface area contributed by atoms with Gasteiger partial charge in [-0.25, -0.2) is 4.39 Å². The fourth-order valence-electron chi connectivity index (χ4n) is 2.35. The molecule has 0 aliphatic carbocycles. The molecule has 2 atom stereocenters. The van der Waals surface area contributed by atoms with Gasteiger partial charge in [-0.05, 0) is 50.2 Å². The number of ether oxygens (including phenoxy) is 1. The maximum Gasteiger partial charge on any atom is 0.156 e. The fourth-order valence-corrected chi connectivity index (χ4v) is 2.99. The zero-order valence-electron chi connectivity index (χ0n) is 14.4. The van der Waals surface area contributed by atoms with Crippen molar-refractivity contribution < 1.29 is 9.13 Å². The van der Waals surface area contributed by atoms with Crippen molar-refractivity contribution in [1.29, 1.82) is 0 Å². The minimum absolute atomic E-state index is 0.312.